The quantitative estimate of drug-likeness (QED) is 0.100. The van der Waals surface area contributed by atoms with Gasteiger partial charge in [-0.15, -0.1) is 5.10 Å². The number of anilines is 3. The Kier molecular flexibility index (Phi) is 13.8. The third-order valence-corrected chi connectivity index (χ3v) is 10.7. The molecule has 2 aromatic carbocycles. The Labute approximate surface area is 348 Å². The second kappa shape index (κ2) is 19.0. The zero-order valence-electron chi connectivity index (χ0n) is 36.1. The number of pyridine rings is 1. The maximum Gasteiger partial charge on any atom is 0.410 e. The predicted octanol–water partition coefficient (Wildman–Crippen LogP) is 7.82. The molecule has 1 fully saturated rings. The summed E-state index contributed by atoms with van der Waals surface area (Å²) in [5.74, 6) is 3.91. The number of rotatable bonds is 16. The van der Waals surface area contributed by atoms with E-state index < -0.39 is 11.7 Å². The molecule has 14 nitrogen and oxygen atoms in total. The Hall–Kier alpha value is -5.63. The van der Waals surface area contributed by atoms with E-state index in [-0.39, 0.29) is 12.1 Å². The van der Waals surface area contributed by atoms with Crippen LogP contribution in [0.15, 0.2) is 67.0 Å². The third-order valence-electron chi connectivity index (χ3n) is 10.7. The minimum atomic E-state index is -1.06. The summed E-state index contributed by atoms with van der Waals surface area (Å²) in [4.78, 5) is 33.5. The van der Waals surface area contributed by atoms with Crippen molar-refractivity contribution in [2.75, 3.05) is 56.0 Å². The summed E-state index contributed by atoms with van der Waals surface area (Å²) < 4.78 is 18.1. The van der Waals surface area contributed by atoms with E-state index in [9.17, 15) is 9.90 Å². The van der Waals surface area contributed by atoms with Gasteiger partial charge in [-0.1, -0.05) is 37.6 Å². The fraction of sp³-hybridized carbons (Fsp3) is 0.489. The number of nitrogens with one attached hydrogen (secondary N) is 1. The molecule has 1 aliphatic heterocycles. The van der Waals surface area contributed by atoms with Crippen molar-refractivity contribution >= 4 is 29.3 Å². The fourth-order valence-corrected chi connectivity index (χ4v) is 7.55. The minimum Gasteiger partial charge on any atom is -0.497 e. The molecule has 0 radical (unpaired) electrons. The Morgan fingerprint density at radius 2 is 1.58 bits per heavy atom. The van der Waals surface area contributed by atoms with E-state index in [4.69, 9.17) is 34.3 Å². The molecule has 2 atom stereocenters. The number of aliphatic hydroxyl groups excluding tert-OH is 1. The topological polar surface area (TPSA) is 143 Å². The van der Waals surface area contributed by atoms with Crippen LogP contribution in [0, 0.1) is 12.8 Å². The normalized spacial score (nSPS) is 14.5. The van der Waals surface area contributed by atoms with Crippen LogP contribution < -0.4 is 24.6 Å². The zero-order valence-corrected chi connectivity index (χ0v) is 36.1. The molecule has 0 spiro atoms. The number of imidazole rings is 1. The summed E-state index contributed by atoms with van der Waals surface area (Å²) in [7, 11) is 5.13. The first-order valence-electron chi connectivity index (χ1n) is 20.6. The van der Waals surface area contributed by atoms with Gasteiger partial charge in [-0.2, -0.15) is 4.98 Å². The largest absolute Gasteiger partial charge is 0.497 e. The van der Waals surface area contributed by atoms with Crippen LogP contribution in [0.1, 0.15) is 94.4 Å². The first-order valence-corrected chi connectivity index (χ1v) is 20.6. The third kappa shape index (κ3) is 10.9. The molecule has 0 bridgehead atoms. The van der Waals surface area contributed by atoms with Crippen LogP contribution in [0.4, 0.5) is 22.4 Å². The molecule has 0 saturated carbocycles. The number of ether oxygens (including phenoxy) is 3. The van der Waals surface area contributed by atoms with Crippen LogP contribution in [0.25, 0.3) is 5.65 Å². The molecular formula is C45H61N9O5. The van der Waals surface area contributed by atoms with E-state index in [2.05, 4.69) is 29.0 Å². The standard InChI is InChI=1S/C45H61N9O5/c1-10-11-31(3)48-43-49-42(53(28-32-12-16-36(57-8)17-13-32)29-33-14-18-37(58-9)19-15-33)41-47-26-38(54(41)50-43)39(55)35-24-30(2)40(46-25-35)52-22-20-34(21-23-52)27-51(7)44(56)59-45(4,5)6/h12-19,24-26,31,34,39,55H,10-11,20-23,27-29H2,1-9H3,(H,48,50). The van der Waals surface area contributed by atoms with Crippen molar-refractivity contribution in [2.24, 2.45) is 5.92 Å². The van der Waals surface area contributed by atoms with Gasteiger partial charge in [0.1, 0.15) is 29.0 Å². The summed E-state index contributed by atoms with van der Waals surface area (Å²) in [6.07, 6.45) is 5.89. The molecule has 59 heavy (non-hydrogen) atoms. The summed E-state index contributed by atoms with van der Waals surface area (Å²) in [6, 6.07) is 18.1. The molecule has 1 saturated heterocycles. The zero-order chi connectivity index (χ0) is 42.3. The Bertz CT molecular complexity index is 2100. The van der Waals surface area contributed by atoms with Crippen LogP contribution in [-0.4, -0.2) is 93.2 Å². The van der Waals surface area contributed by atoms with Crippen LogP contribution >= 0.6 is 0 Å². The fourth-order valence-electron chi connectivity index (χ4n) is 7.55. The summed E-state index contributed by atoms with van der Waals surface area (Å²) in [5, 5.41) is 20.5. The first-order chi connectivity index (χ1) is 28.2. The number of aryl methyl sites for hydroxylation is 1. The molecule has 3 aromatic heterocycles. The number of carbonyl (C=O) groups is 1. The molecule has 1 aliphatic rings. The van der Waals surface area contributed by atoms with Crippen molar-refractivity contribution in [3.05, 3.63) is 94.9 Å². The second-order valence-corrected chi connectivity index (χ2v) is 16.7. The van der Waals surface area contributed by atoms with E-state index >= 15 is 0 Å². The van der Waals surface area contributed by atoms with Gasteiger partial charge in [0.25, 0.3) is 0 Å². The van der Waals surface area contributed by atoms with E-state index in [0.29, 0.717) is 54.2 Å². The van der Waals surface area contributed by atoms with E-state index in [0.717, 1.165) is 72.8 Å². The van der Waals surface area contributed by atoms with Crippen molar-refractivity contribution in [1.29, 1.82) is 0 Å². The van der Waals surface area contributed by atoms with Crippen molar-refractivity contribution < 1.29 is 24.1 Å². The van der Waals surface area contributed by atoms with Gasteiger partial charge in [0.2, 0.25) is 5.95 Å². The summed E-state index contributed by atoms with van der Waals surface area (Å²) >= 11 is 0. The molecular weight excluding hydrogens is 747 g/mol. The number of amides is 1. The number of piperidine rings is 1. The van der Waals surface area contributed by atoms with Crippen LogP contribution in [0.2, 0.25) is 0 Å². The lowest BCUT2D eigenvalue weighted by Crippen LogP contribution is -2.41. The number of carbonyl (C=O) groups excluding carboxylic acids is 1. The average Bonchev–Trinajstić information content (AvgIpc) is 3.64. The van der Waals surface area contributed by atoms with Gasteiger partial charge >= 0.3 is 6.09 Å². The second-order valence-electron chi connectivity index (χ2n) is 16.7. The van der Waals surface area contributed by atoms with Gasteiger partial charge in [-0.05, 0) is 107 Å². The summed E-state index contributed by atoms with van der Waals surface area (Å²) in [6.45, 7) is 15.3. The van der Waals surface area contributed by atoms with Crippen LogP contribution in [0.3, 0.4) is 0 Å². The van der Waals surface area contributed by atoms with Crippen molar-refractivity contribution in [3.8, 4) is 11.5 Å². The highest BCUT2D eigenvalue weighted by atomic mass is 16.6. The molecule has 5 aromatic rings. The predicted molar refractivity (Wildman–Crippen MR) is 231 cm³/mol. The van der Waals surface area contributed by atoms with Crippen molar-refractivity contribution in [2.45, 2.75) is 98.1 Å². The number of methoxy groups -OCH3 is 2. The smallest absolute Gasteiger partial charge is 0.410 e. The van der Waals surface area contributed by atoms with Gasteiger partial charge < -0.3 is 39.3 Å². The number of benzene rings is 2. The Morgan fingerprint density at radius 1 is 0.966 bits per heavy atom. The molecule has 0 aliphatic carbocycles. The van der Waals surface area contributed by atoms with E-state index in [1.807, 2.05) is 82.3 Å². The number of aliphatic hydroxyl groups is 1. The molecule has 6 rings (SSSR count). The SMILES string of the molecule is CCCC(C)Nc1nc(N(Cc2ccc(OC)cc2)Cc2ccc(OC)cc2)c2ncc(C(O)c3cnc(N4CCC(CN(C)C(=O)OC(C)(C)C)CC4)c(C)c3)n2n1. The highest BCUT2D eigenvalue weighted by molar-refractivity contribution is 5.68. The van der Waals surface area contributed by atoms with Gasteiger partial charge in [-0.3, -0.25) is 0 Å². The Morgan fingerprint density at radius 3 is 2.12 bits per heavy atom. The molecule has 2 unspecified atom stereocenters. The lowest BCUT2D eigenvalue weighted by molar-refractivity contribution is 0.0266. The molecule has 1 amide bonds. The molecule has 14 heteroatoms. The highest BCUT2D eigenvalue weighted by Gasteiger charge is 2.28. The van der Waals surface area contributed by atoms with Gasteiger partial charge in [-0.25, -0.2) is 19.3 Å². The Balaban J connectivity index is 1.28. The van der Waals surface area contributed by atoms with E-state index in [1.54, 1.807) is 43.1 Å². The first kappa shape index (κ1) is 43.0. The summed E-state index contributed by atoms with van der Waals surface area (Å²) in [5.41, 5.74) is 4.25. The molecule has 2 N–H and O–H groups in total. The van der Waals surface area contributed by atoms with Crippen LogP contribution in [-0.2, 0) is 17.8 Å². The van der Waals surface area contributed by atoms with Gasteiger partial charge in [0.05, 0.1) is 26.1 Å². The van der Waals surface area contributed by atoms with Crippen molar-refractivity contribution in [1.82, 2.24) is 29.5 Å². The maximum atomic E-state index is 12.5. The molecule has 316 valence electrons. The number of aromatic nitrogens is 5. The minimum absolute atomic E-state index is 0.120. The average molecular weight is 808 g/mol. The van der Waals surface area contributed by atoms with Gasteiger partial charge in [0.15, 0.2) is 11.5 Å². The number of hydrogen-bond acceptors (Lipinski definition) is 12. The highest BCUT2D eigenvalue weighted by Crippen LogP contribution is 2.32. The van der Waals surface area contributed by atoms with Crippen LogP contribution in [0.5, 0.6) is 11.5 Å². The monoisotopic (exact) mass is 807 g/mol. The number of hydrogen-bond donors (Lipinski definition) is 2. The lowest BCUT2D eigenvalue weighted by Gasteiger charge is -2.35. The molecule has 4 heterocycles. The maximum absolute atomic E-state index is 12.5. The van der Waals surface area contributed by atoms with Gasteiger partial charge in [0, 0.05) is 57.6 Å². The lowest BCUT2D eigenvalue weighted by atomic mass is 9.96. The van der Waals surface area contributed by atoms with Crippen molar-refractivity contribution in [3.63, 3.8) is 0 Å². The number of nitrogens with zero attached hydrogens (tertiary/aromatic N) is 8. The van der Waals surface area contributed by atoms with E-state index in [1.165, 1.54) is 0 Å². The number of fused-ring (bicyclic) bond motifs is 1.